The molecule has 1 atom stereocenters. The number of aromatic nitrogens is 1. The quantitative estimate of drug-likeness (QED) is 0.405. The molecule has 0 unspecified atom stereocenters. The molecule has 38 heavy (non-hydrogen) atoms. The number of para-hydroxylation sites is 1. The van der Waals surface area contributed by atoms with Crippen LogP contribution < -0.4 is 24.5 Å². The molecule has 2 aliphatic heterocycles. The van der Waals surface area contributed by atoms with Gasteiger partial charge in [-0.25, -0.2) is 9.79 Å². The minimum atomic E-state index is -0.825. The highest BCUT2D eigenvalue weighted by atomic mass is 79.9. The van der Waals surface area contributed by atoms with Crippen LogP contribution in [0.5, 0.6) is 5.75 Å². The SMILES string of the molecule is CCCC1=C(C(=O)OCC)[C@H](c2ccccc2OC)n2c(s/c(=C3\C(=O)N(C)c4ccc(Br)cc43)c2=O)=N1. The maximum Gasteiger partial charge on any atom is 0.338 e. The fourth-order valence-electron chi connectivity index (χ4n) is 4.97. The number of allylic oxidation sites excluding steroid dienone is 1. The van der Waals surface area contributed by atoms with Crippen molar-refractivity contribution in [3.05, 3.63) is 89.0 Å². The van der Waals surface area contributed by atoms with Gasteiger partial charge in [0, 0.05) is 22.6 Å². The number of rotatable bonds is 6. The maximum absolute atomic E-state index is 14.2. The van der Waals surface area contributed by atoms with E-state index in [1.165, 1.54) is 4.57 Å². The fraction of sp³-hybridized carbons (Fsp3) is 0.286. The van der Waals surface area contributed by atoms with Gasteiger partial charge < -0.3 is 14.4 Å². The molecule has 196 valence electrons. The normalized spacial score (nSPS) is 17.8. The van der Waals surface area contributed by atoms with Gasteiger partial charge >= 0.3 is 5.97 Å². The molecule has 3 heterocycles. The molecule has 0 fully saturated rings. The lowest BCUT2D eigenvalue weighted by molar-refractivity contribution is -0.139. The molecule has 8 nitrogen and oxygen atoms in total. The van der Waals surface area contributed by atoms with Gasteiger partial charge in [0.2, 0.25) is 0 Å². The molecule has 10 heteroatoms. The Bertz CT molecular complexity index is 1690. The first-order valence-corrected chi connectivity index (χ1v) is 13.9. The molecule has 1 aromatic heterocycles. The van der Waals surface area contributed by atoms with Crippen LogP contribution >= 0.6 is 27.3 Å². The highest BCUT2D eigenvalue weighted by molar-refractivity contribution is 9.10. The van der Waals surface area contributed by atoms with E-state index in [1.54, 1.807) is 32.0 Å². The molecular formula is C28H26BrN3O5S. The van der Waals surface area contributed by atoms with Crippen LogP contribution in [0.4, 0.5) is 5.69 Å². The number of carbonyl (C=O) groups is 2. The van der Waals surface area contributed by atoms with E-state index in [0.717, 1.165) is 27.9 Å². The molecule has 0 saturated carbocycles. The molecule has 0 aliphatic carbocycles. The van der Waals surface area contributed by atoms with Crippen molar-refractivity contribution >= 4 is 50.4 Å². The summed E-state index contributed by atoms with van der Waals surface area (Å²) in [7, 11) is 3.24. The minimum Gasteiger partial charge on any atom is -0.496 e. The lowest BCUT2D eigenvalue weighted by atomic mass is 9.93. The first-order chi connectivity index (χ1) is 18.3. The van der Waals surface area contributed by atoms with Crippen molar-refractivity contribution in [3.63, 3.8) is 0 Å². The Hall–Kier alpha value is -3.50. The van der Waals surface area contributed by atoms with Crippen LogP contribution in [0.15, 0.2) is 68.0 Å². The van der Waals surface area contributed by atoms with Crippen molar-refractivity contribution in [2.75, 3.05) is 25.7 Å². The van der Waals surface area contributed by atoms with Crippen molar-refractivity contribution in [2.45, 2.75) is 32.7 Å². The number of fused-ring (bicyclic) bond motifs is 2. The van der Waals surface area contributed by atoms with E-state index >= 15 is 0 Å². The van der Waals surface area contributed by atoms with Gasteiger partial charge in [-0.1, -0.05) is 58.8 Å². The topological polar surface area (TPSA) is 90.2 Å². The number of hydrogen-bond acceptors (Lipinski definition) is 7. The van der Waals surface area contributed by atoms with E-state index in [1.807, 2.05) is 43.3 Å². The standard InChI is InChI=1S/C28H26BrN3O5S/c1-5-9-18-22(27(35)37-6-2)23(16-10-7-8-11-20(16)36-4)32-26(34)24(38-28(32)30-18)21-17-14-15(29)12-13-19(17)31(3)25(21)33/h7-8,10-14,23H,5-6,9H2,1-4H3/b24-21-/t23-/m0/s1. The summed E-state index contributed by atoms with van der Waals surface area (Å²) in [5.74, 6) is -0.267. The number of nitrogens with zero attached hydrogens (tertiary/aromatic N) is 3. The van der Waals surface area contributed by atoms with Crippen LogP contribution in [0, 0.1) is 0 Å². The number of thiazole rings is 1. The van der Waals surface area contributed by atoms with Gasteiger partial charge in [0.1, 0.15) is 16.3 Å². The second kappa shape index (κ2) is 10.3. The molecule has 0 N–H and O–H groups in total. The van der Waals surface area contributed by atoms with Crippen molar-refractivity contribution < 1.29 is 19.1 Å². The summed E-state index contributed by atoms with van der Waals surface area (Å²) < 4.78 is 13.7. The summed E-state index contributed by atoms with van der Waals surface area (Å²) in [4.78, 5) is 47.8. The first kappa shape index (κ1) is 26.1. The lowest BCUT2D eigenvalue weighted by Gasteiger charge is -2.26. The molecule has 1 amide bonds. The number of benzene rings is 2. The Morgan fingerprint density at radius 3 is 2.63 bits per heavy atom. The van der Waals surface area contributed by atoms with Crippen LogP contribution in [0.1, 0.15) is 43.9 Å². The van der Waals surface area contributed by atoms with E-state index in [2.05, 4.69) is 15.9 Å². The van der Waals surface area contributed by atoms with Crippen LogP contribution in [0.2, 0.25) is 0 Å². The molecule has 0 bridgehead atoms. The molecule has 2 aromatic carbocycles. The third-order valence-electron chi connectivity index (χ3n) is 6.64. The summed E-state index contributed by atoms with van der Waals surface area (Å²) in [5.41, 5.74) is 2.83. The van der Waals surface area contributed by atoms with Gasteiger partial charge in [-0.05, 0) is 37.6 Å². The fourth-order valence-corrected chi connectivity index (χ4v) is 6.44. The summed E-state index contributed by atoms with van der Waals surface area (Å²) in [6, 6.07) is 12.0. The van der Waals surface area contributed by atoms with Crippen LogP contribution in [-0.4, -0.2) is 37.2 Å². The number of amides is 1. The Morgan fingerprint density at radius 1 is 1.16 bits per heavy atom. The first-order valence-electron chi connectivity index (χ1n) is 12.3. The maximum atomic E-state index is 14.2. The average molecular weight is 597 g/mol. The number of hydrogen-bond donors (Lipinski definition) is 0. The predicted octanol–water partition coefficient (Wildman–Crippen LogP) is 3.70. The van der Waals surface area contributed by atoms with Crippen molar-refractivity contribution in [3.8, 4) is 5.75 Å². The summed E-state index contributed by atoms with van der Waals surface area (Å²) in [6.45, 7) is 3.93. The Morgan fingerprint density at radius 2 is 1.92 bits per heavy atom. The second-order valence-electron chi connectivity index (χ2n) is 8.88. The molecule has 5 rings (SSSR count). The number of anilines is 1. The number of ether oxygens (including phenoxy) is 2. The summed E-state index contributed by atoms with van der Waals surface area (Å²) >= 11 is 4.65. The Kier molecular flexibility index (Phi) is 7.11. The smallest absolute Gasteiger partial charge is 0.338 e. The number of likely N-dealkylation sites (N-methyl/N-ethyl adjacent to an activating group) is 1. The summed E-state index contributed by atoms with van der Waals surface area (Å²) in [6.07, 6.45) is 1.26. The third-order valence-corrected chi connectivity index (χ3v) is 8.18. The summed E-state index contributed by atoms with van der Waals surface area (Å²) in [5, 5.41) is 0. The number of carbonyl (C=O) groups excluding carboxylic acids is 2. The van der Waals surface area contributed by atoms with Crippen LogP contribution in [-0.2, 0) is 14.3 Å². The largest absolute Gasteiger partial charge is 0.496 e. The Balaban J connectivity index is 1.89. The van der Waals surface area contributed by atoms with Crippen LogP contribution in [0.3, 0.4) is 0 Å². The third kappa shape index (κ3) is 4.12. The van der Waals surface area contributed by atoms with Crippen molar-refractivity contribution in [2.24, 2.45) is 4.99 Å². The van der Waals surface area contributed by atoms with E-state index in [0.29, 0.717) is 44.9 Å². The van der Waals surface area contributed by atoms with Gasteiger partial charge in [0.05, 0.1) is 36.2 Å². The van der Waals surface area contributed by atoms with Gasteiger partial charge in [-0.3, -0.25) is 14.2 Å². The number of halogens is 1. The zero-order valence-corrected chi connectivity index (χ0v) is 23.8. The molecule has 0 saturated heterocycles. The monoisotopic (exact) mass is 595 g/mol. The lowest BCUT2D eigenvalue weighted by Crippen LogP contribution is -2.41. The van der Waals surface area contributed by atoms with E-state index in [4.69, 9.17) is 14.5 Å². The second-order valence-corrected chi connectivity index (χ2v) is 10.8. The van der Waals surface area contributed by atoms with E-state index in [-0.39, 0.29) is 17.0 Å². The average Bonchev–Trinajstić information content (AvgIpc) is 3.35. The molecule has 2 aliphatic rings. The minimum absolute atomic E-state index is 0.182. The van der Waals surface area contributed by atoms with Crippen molar-refractivity contribution in [1.82, 2.24) is 4.57 Å². The van der Waals surface area contributed by atoms with Gasteiger partial charge in [-0.2, -0.15) is 0 Å². The molecule has 3 aromatic rings. The highest BCUT2D eigenvalue weighted by Gasteiger charge is 2.38. The van der Waals surface area contributed by atoms with E-state index < -0.39 is 17.6 Å². The zero-order valence-electron chi connectivity index (χ0n) is 21.4. The Labute approximate surface area is 231 Å². The van der Waals surface area contributed by atoms with E-state index in [9.17, 15) is 14.4 Å². The predicted molar refractivity (Wildman–Crippen MR) is 149 cm³/mol. The number of methoxy groups -OCH3 is 1. The molecule has 0 spiro atoms. The zero-order chi connectivity index (χ0) is 27.1. The van der Waals surface area contributed by atoms with Crippen LogP contribution in [0.25, 0.3) is 5.57 Å². The molecular weight excluding hydrogens is 570 g/mol. The number of esters is 1. The van der Waals surface area contributed by atoms with Gasteiger partial charge in [-0.15, -0.1) is 0 Å². The molecule has 0 radical (unpaired) electrons. The van der Waals surface area contributed by atoms with Crippen molar-refractivity contribution in [1.29, 1.82) is 0 Å². The van der Waals surface area contributed by atoms with Gasteiger partial charge in [0.15, 0.2) is 4.80 Å². The highest BCUT2D eigenvalue weighted by Crippen LogP contribution is 2.38. The van der Waals surface area contributed by atoms with Gasteiger partial charge in [0.25, 0.3) is 11.5 Å².